The minimum absolute atomic E-state index is 0.350. The van der Waals surface area contributed by atoms with Crippen LogP contribution in [0, 0.1) is 5.92 Å². The lowest BCUT2D eigenvalue weighted by Crippen LogP contribution is -2.30. The number of alkyl halides is 1. The lowest BCUT2D eigenvalue weighted by atomic mass is 9.85. The third-order valence-electron chi connectivity index (χ3n) is 3.59. The lowest BCUT2D eigenvalue weighted by Gasteiger charge is -2.30. The fourth-order valence-corrected chi connectivity index (χ4v) is 2.67. The molecule has 1 aliphatic rings. The van der Waals surface area contributed by atoms with Crippen LogP contribution >= 0.6 is 11.6 Å². The van der Waals surface area contributed by atoms with Crippen molar-refractivity contribution in [3.05, 3.63) is 23.9 Å². The highest BCUT2D eigenvalue weighted by molar-refractivity contribution is 6.17. The molecule has 1 aliphatic carbocycles. The summed E-state index contributed by atoms with van der Waals surface area (Å²) in [5.41, 5.74) is 1.04. The van der Waals surface area contributed by atoms with Crippen LogP contribution in [-0.4, -0.2) is 11.1 Å². The van der Waals surface area contributed by atoms with Gasteiger partial charge >= 0.3 is 0 Å². The van der Waals surface area contributed by atoms with Crippen LogP contribution in [-0.2, 0) is 5.88 Å². The van der Waals surface area contributed by atoms with Crippen molar-refractivity contribution in [3.63, 3.8) is 0 Å². The Hall–Kier alpha value is -0.760. The smallest absolute Gasteiger partial charge is 0.213 e. The van der Waals surface area contributed by atoms with E-state index in [0.717, 1.165) is 17.9 Å². The molecule has 0 saturated heterocycles. The van der Waals surface area contributed by atoms with Crippen molar-refractivity contribution in [2.24, 2.45) is 5.92 Å². The molecule has 2 rings (SSSR count). The third-order valence-corrected chi connectivity index (χ3v) is 3.90. The van der Waals surface area contributed by atoms with E-state index in [9.17, 15) is 0 Å². The van der Waals surface area contributed by atoms with Crippen LogP contribution < -0.4 is 4.74 Å². The van der Waals surface area contributed by atoms with Crippen molar-refractivity contribution in [1.82, 2.24) is 4.98 Å². The van der Waals surface area contributed by atoms with Crippen LogP contribution in [0.5, 0.6) is 5.88 Å². The van der Waals surface area contributed by atoms with E-state index in [1.165, 1.54) is 25.7 Å². The van der Waals surface area contributed by atoms with Crippen molar-refractivity contribution in [2.45, 2.75) is 51.0 Å². The number of rotatable bonds is 4. The van der Waals surface area contributed by atoms with Gasteiger partial charge in [-0.3, -0.25) is 0 Å². The average Bonchev–Trinajstić information content (AvgIpc) is 2.40. The first-order valence-electron chi connectivity index (χ1n) is 6.51. The predicted octanol–water partition coefficient (Wildman–Crippen LogP) is 4.17. The molecule has 1 aromatic heterocycles. The van der Waals surface area contributed by atoms with Gasteiger partial charge in [0.05, 0.1) is 0 Å². The Balaban J connectivity index is 1.98. The van der Waals surface area contributed by atoms with Crippen LogP contribution in [0.15, 0.2) is 18.3 Å². The molecule has 3 heteroatoms. The number of hydrogen-bond acceptors (Lipinski definition) is 2. The molecule has 0 radical (unpaired) electrons. The molecule has 17 heavy (non-hydrogen) atoms. The summed E-state index contributed by atoms with van der Waals surface area (Å²) in [6, 6.07) is 3.91. The van der Waals surface area contributed by atoms with Gasteiger partial charge in [-0.05, 0) is 37.2 Å². The Kier molecular flexibility index (Phi) is 4.66. The van der Waals surface area contributed by atoms with Crippen molar-refractivity contribution in [2.75, 3.05) is 0 Å². The van der Waals surface area contributed by atoms with Crippen molar-refractivity contribution in [1.29, 1.82) is 0 Å². The molecule has 1 fully saturated rings. The molecule has 0 bridgehead atoms. The van der Waals surface area contributed by atoms with Gasteiger partial charge in [0.15, 0.2) is 0 Å². The van der Waals surface area contributed by atoms with Crippen LogP contribution in [0.3, 0.4) is 0 Å². The molecule has 2 atom stereocenters. The van der Waals surface area contributed by atoms with Crippen LogP contribution in [0.1, 0.15) is 44.6 Å². The highest BCUT2D eigenvalue weighted by Crippen LogP contribution is 2.29. The predicted molar refractivity (Wildman–Crippen MR) is 70.5 cm³/mol. The van der Waals surface area contributed by atoms with Gasteiger partial charge in [0.2, 0.25) is 5.88 Å². The maximum atomic E-state index is 6.00. The summed E-state index contributed by atoms with van der Waals surface area (Å²) < 4.78 is 6.00. The van der Waals surface area contributed by atoms with Gasteiger partial charge in [0, 0.05) is 18.1 Å². The quantitative estimate of drug-likeness (QED) is 0.752. The average molecular weight is 254 g/mol. The molecule has 0 aliphatic heterocycles. The van der Waals surface area contributed by atoms with Gasteiger partial charge in [-0.1, -0.05) is 19.4 Å². The third kappa shape index (κ3) is 3.35. The largest absolute Gasteiger partial charge is 0.474 e. The number of halogens is 1. The maximum Gasteiger partial charge on any atom is 0.213 e. The molecule has 0 amide bonds. The number of aromatic nitrogens is 1. The molecular weight excluding hydrogens is 234 g/mol. The standard InChI is InChI=1S/C14H20ClNO/c1-2-12-5-3-4-6-13(12)17-14-8-7-11(9-15)10-16-14/h7-8,10,12-13H,2-6,9H2,1H3. The second-order valence-corrected chi connectivity index (χ2v) is 5.01. The van der Waals surface area contributed by atoms with E-state index in [1.807, 2.05) is 12.1 Å². The van der Waals surface area contributed by atoms with Crippen LogP contribution in [0.25, 0.3) is 0 Å². The van der Waals surface area contributed by atoms with Gasteiger partial charge < -0.3 is 4.74 Å². The normalized spacial score (nSPS) is 24.6. The molecule has 94 valence electrons. The van der Waals surface area contributed by atoms with E-state index in [4.69, 9.17) is 16.3 Å². The molecule has 1 heterocycles. The molecule has 2 nitrogen and oxygen atoms in total. The Bertz CT molecular complexity index is 339. The topological polar surface area (TPSA) is 22.1 Å². The molecular formula is C14H20ClNO. The Morgan fingerprint density at radius 3 is 2.82 bits per heavy atom. The van der Waals surface area contributed by atoms with E-state index < -0.39 is 0 Å². The summed E-state index contributed by atoms with van der Waals surface area (Å²) in [5.74, 6) is 1.94. The van der Waals surface area contributed by atoms with Crippen molar-refractivity contribution < 1.29 is 4.74 Å². The molecule has 1 aromatic rings. The lowest BCUT2D eigenvalue weighted by molar-refractivity contribution is 0.0858. The molecule has 0 aromatic carbocycles. The van der Waals surface area contributed by atoms with E-state index in [1.54, 1.807) is 6.20 Å². The fraction of sp³-hybridized carbons (Fsp3) is 0.643. The number of ether oxygens (including phenoxy) is 1. The first kappa shape index (κ1) is 12.7. The van der Waals surface area contributed by atoms with Crippen LogP contribution in [0.2, 0.25) is 0 Å². The summed E-state index contributed by atoms with van der Waals surface area (Å²) in [7, 11) is 0. The van der Waals surface area contributed by atoms with E-state index in [-0.39, 0.29) is 0 Å². The summed E-state index contributed by atoms with van der Waals surface area (Å²) >= 11 is 5.74. The first-order valence-corrected chi connectivity index (χ1v) is 7.04. The number of hydrogen-bond donors (Lipinski definition) is 0. The zero-order valence-electron chi connectivity index (χ0n) is 10.4. The van der Waals surface area contributed by atoms with E-state index >= 15 is 0 Å². The van der Waals surface area contributed by atoms with Gasteiger partial charge in [0.1, 0.15) is 6.10 Å². The molecule has 0 N–H and O–H groups in total. The molecule has 2 unspecified atom stereocenters. The van der Waals surface area contributed by atoms with Crippen molar-refractivity contribution in [3.8, 4) is 5.88 Å². The van der Waals surface area contributed by atoms with Gasteiger partial charge in [-0.25, -0.2) is 4.98 Å². The maximum absolute atomic E-state index is 6.00. The Labute approximate surface area is 108 Å². The highest BCUT2D eigenvalue weighted by Gasteiger charge is 2.25. The minimum atomic E-state index is 0.350. The van der Waals surface area contributed by atoms with E-state index in [2.05, 4.69) is 11.9 Å². The molecule has 1 saturated carbocycles. The Morgan fingerprint density at radius 2 is 2.18 bits per heavy atom. The zero-order valence-corrected chi connectivity index (χ0v) is 11.1. The zero-order chi connectivity index (χ0) is 12.1. The summed E-state index contributed by atoms with van der Waals surface area (Å²) in [4.78, 5) is 4.31. The minimum Gasteiger partial charge on any atom is -0.474 e. The number of pyridine rings is 1. The van der Waals surface area contributed by atoms with Crippen LogP contribution in [0.4, 0.5) is 0 Å². The first-order chi connectivity index (χ1) is 8.33. The second-order valence-electron chi connectivity index (χ2n) is 4.75. The number of nitrogens with zero attached hydrogens (tertiary/aromatic N) is 1. The fourth-order valence-electron chi connectivity index (χ4n) is 2.51. The Morgan fingerprint density at radius 1 is 1.35 bits per heavy atom. The van der Waals surface area contributed by atoms with Gasteiger partial charge in [-0.15, -0.1) is 11.6 Å². The van der Waals surface area contributed by atoms with Gasteiger partial charge in [-0.2, -0.15) is 0 Å². The summed E-state index contributed by atoms with van der Waals surface area (Å²) in [6.45, 7) is 2.25. The monoisotopic (exact) mass is 253 g/mol. The summed E-state index contributed by atoms with van der Waals surface area (Å²) in [6.07, 6.45) is 8.43. The summed E-state index contributed by atoms with van der Waals surface area (Å²) in [5, 5.41) is 0. The molecule has 0 spiro atoms. The second kappa shape index (κ2) is 6.25. The highest BCUT2D eigenvalue weighted by atomic mass is 35.5. The SMILES string of the molecule is CCC1CCCCC1Oc1ccc(CCl)cn1. The van der Waals surface area contributed by atoms with Crippen molar-refractivity contribution >= 4 is 11.6 Å². The van der Waals surface area contributed by atoms with Gasteiger partial charge in [0.25, 0.3) is 0 Å². The van der Waals surface area contributed by atoms with E-state index in [0.29, 0.717) is 17.9 Å².